The Labute approximate surface area is 172 Å². The van der Waals surface area contributed by atoms with Crippen LogP contribution >= 0.6 is 0 Å². The van der Waals surface area contributed by atoms with Crippen LogP contribution in [0.25, 0.3) is 0 Å². The number of nitrogens with zero attached hydrogens (tertiary/aromatic N) is 2. The van der Waals surface area contributed by atoms with Crippen molar-refractivity contribution in [1.82, 2.24) is 5.01 Å². The number of hydrazone groups is 1. The number of ether oxygens (including phenoxy) is 2. The molecule has 0 N–H and O–H groups in total. The minimum atomic E-state index is -0.460. The zero-order chi connectivity index (χ0) is 21.1. The van der Waals surface area contributed by atoms with Crippen LogP contribution in [0.1, 0.15) is 31.8 Å². The van der Waals surface area contributed by atoms with Gasteiger partial charge in [0.05, 0.1) is 24.5 Å². The predicted octanol–water partition coefficient (Wildman–Crippen LogP) is 4.04. The van der Waals surface area contributed by atoms with Gasteiger partial charge in [-0.2, -0.15) is 10.1 Å². The Morgan fingerprint density at radius 1 is 0.933 bits per heavy atom. The van der Waals surface area contributed by atoms with Crippen molar-refractivity contribution < 1.29 is 23.5 Å². The Balaban J connectivity index is 1.48. The molecule has 30 heavy (non-hydrogen) atoms. The Bertz CT molecular complexity index is 1110. The van der Waals surface area contributed by atoms with Crippen molar-refractivity contribution in [2.45, 2.75) is 6.61 Å². The van der Waals surface area contributed by atoms with Crippen LogP contribution in [0.3, 0.4) is 0 Å². The van der Waals surface area contributed by atoms with Gasteiger partial charge in [-0.05, 0) is 53.6 Å². The number of rotatable bonds is 6. The number of amides is 2. The highest BCUT2D eigenvalue weighted by Crippen LogP contribution is 2.29. The highest BCUT2D eigenvalue weighted by atomic mass is 19.1. The third kappa shape index (κ3) is 3.77. The van der Waals surface area contributed by atoms with E-state index < -0.39 is 11.8 Å². The Morgan fingerprint density at radius 2 is 1.60 bits per heavy atom. The van der Waals surface area contributed by atoms with Crippen molar-refractivity contribution in [1.29, 1.82) is 0 Å². The maximum absolute atomic E-state index is 13.0. The van der Waals surface area contributed by atoms with Gasteiger partial charge in [-0.3, -0.25) is 9.59 Å². The second kappa shape index (κ2) is 8.16. The van der Waals surface area contributed by atoms with E-state index in [0.29, 0.717) is 28.2 Å². The first-order chi connectivity index (χ1) is 14.6. The molecule has 0 unspecified atom stereocenters. The van der Waals surface area contributed by atoms with E-state index in [1.165, 1.54) is 25.5 Å². The first-order valence-corrected chi connectivity index (χ1v) is 9.14. The Hall–Kier alpha value is -4.00. The van der Waals surface area contributed by atoms with Crippen molar-refractivity contribution >= 4 is 18.0 Å². The molecule has 1 heterocycles. The lowest BCUT2D eigenvalue weighted by molar-refractivity contribution is 0.0660. The molecule has 3 aromatic carbocycles. The number of halogens is 1. The van der Waals surface area contributed by atoms with Crippen LogP contribution in [0.2, 0.25) is 0 Å². The molecule has 1 aliphatic heterocycles. The van der Waals surface area contributed by atoms with Gasteiger partial charge in [0.15, 0.2) is 11.5 Å². The number of imide groups is 1. The zero-order valence-electron chi connectivity index (χ0n) is 16.0. The summed E-state index contributed by atoms with van der Waals surface area (Å²) in [5, 5.41) is 4.90. The molecule has 0 atom stereocenters. The second-order valence-electron chi connectivity index (χ2n) is 6.54. The quantitative estimate of drug-likeness (QED) is 0.459. The molecule has 0 saturated carbocycles. The number of carbonyl (C=O) groups excluding carboxylic acids is 2. The van der Waals surface area contributed by atoms with E-state index in [2.05, 4.69) is 5.10 Å². The largest absolute Gasteiger partial charge is 0.493 e. The molecule has 2 amide bonds. The van der Waals surface area contributed by atoms with Crippen molar-refractivity contribution in [3.63, 3.8) is 0 Å². The molecule has 0 saturated heterocycles. The van der Waals surface area contributed by atoms with Crippen molar-refractivity contribution in [3.8, 4) is 11.5 Å². The van der Waals surface area contributed by atoms with E-state index in [4.69, 9.17) is 9.47 Å². The second-order valence-corrected chi connectivity index (χ2v) is 6.54. The Morgan fingerprint density at radius 3 is 2.23 bits per heavy atom. The summed E-state index contributed by atoms with van der Waals surface area (Å²) in [5.41, 5.74) is 2.11. The molecule has 6 nitrogen and oxygen atoms in total. The van der Waals surface area contributed by atoms with Gasteiger partial charge in [-0.15, -0.1) is 0 Å². The lowest BCUT2D eigenvalue weighted by Gasteiger charge is -2.11. The topological polar surface area (TPSA) is 68.2 Å². The summed E-state index contributed by atoms with van der Waals surface area (Å²) in [4.78, 5) is 24.7. The summed E-state index contributed by atoms with van der Waals surface area (Å²) in [6.45, 7) is 0.249. The lowest BCUT2D eigenvalue weighted by Crippen LogP contribution is -2.23. The van der Waals surface area contributed by atoms with E-state index in [1.807, 2.05) is 0 Å². The van der Waals surface area contributed by atoms with Crippen molar-refractivity contribution in [2.24, 2.45) is 5.10 Å². The van der Waals surface area contributed by atoms with E-state index >= 15 is 0 Å². The number of benzene rings is 3. The smallest absolute Gasteiger partial charge is 0.282 e. The normalized spacial score (nSPS) is 13.1. The maximum Gasteiger partial charge on any atom is 0.282 e. The molecule has 150 valence electrons. The minimum Gasteiger partial charge on any atom is -0.493 e. The molecule has 0 fully saturated rings. The summed E-state index contributed by atoms with van der Waals surface area (Å²) < 4.78 is 24.1. The van der Waals surface area contributed by atoms with Crippen LogP contribution in [0.5, 0.6) is 11.5 Å². The van der Waals surface area contributed by atoms with Gasteiger partial charge in [0.1, 0.15) is 12.4 Å². The number of carbonyl (C=O) groups is 2. The minimum absolute atomic E-state index is 0.249. The van der Waals surface area contributed by atoms with Crippen LogP contribution in [-0.2, 0) is 6.61 Å². The molecule has 0 aromatic heterocycles. The molecule has 4 rings (SSSR count). The van der Waals surface area contributed by atoms with Gasteiger partial charge in [0.25, 0.3) is 11.8 Å². The summed E-state index contributed by atoms with van der Waals surface area (Å²) in [6.07, 6.45) is 1.41. The molecule has 0 spiro atoms. The van der Waals surface area contributed by atoms with Crippen LogP contribution in [0.4, 0.5) is 4.39 Å². The monoisotopic (exact) mass is 404 g/mol. The number of hydrogen-bond acceptors (Lipinski definition) is 5. The average Bonchev–Trinajstić information content (AvgIpc) is 3.02. The summed E-state index contributed by atoms with van der Waals surface area (Å²) in [6, 6.07) is 17.7. The lowest BCUT2D eigenvalue weighted by atomic mass is 10.1. The third-order valence-electron chi connectivity index (χ3n) is 4.59. The van der Waals surface area contributed by atoms with Gasteiger partial charge >= 0.3 is 0 Å². The van der Waals surface area contributed by atoms with Gasteiger partial charge in [0, 0.05) is 0 Å². The fourth-order valence-corrected chi connectivity index (χ4v) is 3.03. The van der Waals surface area contributed by atoms with E-state index in [1.54, 1.807) is 54.6 Å². The number of hydrogen-bond donors (Lipinski definition) is 0. The Kier molecular flexibility index (Phi) is 5.26. The van der Waals surface area contributed by atoms with Crippen molar-refractivity contribution in [3.05, 3.63) is 94.8 Å². The van der Waals surface area contributed by atoms with Gasteiger partial charge in [0.2, 0.25) is 0 Å². The van der Waals surface area contributed by atoms with Gasteiger partial charge in [-0.25, -0.2) is 4.39 Å². The molecule has 0 aliphatic carbocycles. The van der Waals surface area contributed by atoms with Crippen LogP contribution < -0.4 is 9.47 Å². The first-order valence-electron chi connectivity index (χ1n) is 9.14. The number of methoxy groups -OCH3 is 1. The van der Waals surface area contributed by atoms with Crippen LogP contribution in [0.15, 0.2) is 71.8 Å². The van der Waals surface area contributed by atoms with E-state index in [-0.39, 0.29) is 12.4 Å². The maximum atomic E-state index is 13.0. The SMILES string of the molecule is COc1cc(/C=N\N2C(=O)c3ccccc3C2=O)ccc1OCc1ccc(F)cc1. The molecule has 0 radical (unpaired) electrons. The molecular weight excluding hydrogens is 387 g/mol. The third-order valence-corrected chi connectivity index (χ3v) is 4.59. The summed E-state index contributed by atoms with van der Waals surface area (Å²) >= 11 is 0. The molecule has 3 aromatic rings. The average molecular weight is 404 g/mol. The van der Waals surface area contributed by atoms with Gasteiger partial charge in [-0.1, -0.05) is 24.3 Å². The standard InChI is InChI=1S/C23H17FN2O4/c1-29-21-12-16(8-11-20(21)30-14-15-6-9-17(24)10-7-15)13-25-26-22(27)18-4-2-3-5-19(18)23(26)28/h2-13H,14H2,1H3/b25-13-. The summed E-state index contributed by atoms with van der Waals surface area (Å²) in [5.74, 6) is -0.266. The van der Waals surface area contributed by atoms with Crippen molar-refractivity contribution in [2.75, 3.05) is 7.11 Å². The highest BCUT2D eigenvalue weighted by Gasteiger charge is 2.35. The van der Waals surface area contributed by atoms with Gasteiger partial charge < -0.3 is 9.47 Å². The molecule has 1 aliphatic rings. The van der Waals surface area contributed by atoms with E-state index in [9.17, 15) is 14.0 Å². The highest BCUT2D eigenvalue weighted by molar-refractivity contribution is 6.21. The first kappa shape index (κ1) is 19.3. The molecular formula is C23H17FN2O4. The molecule has 0 bridgehead atoms. The van der Waals surface area contributed by atoms with Crippen LogP contribution in [-0.4, -0.2) is 30.1 Å². The fourth-order valence-electron chi connectivity index (χ4n) is 3.03. The van der Waals surface area contributed by atoms with Crippen LogP contribution in [0, 0.1) is 5.82 Å². The number of fused-ring (bicyclic) bond motifs is 1. The zero-order valence-corrected chi connectivity index (χ0v) is 16.0. The van der Waals surface area contributed by atoms with E-state index in [0.717, 1.165) is 10.6 Å². The summed E-state index contributed by atoms with van der Waals surface area (Å²) in [7, 11) is 1.51. The fraction of sp³-hybridized carbons (Fsp3) is 0.0870. The molecule has 7 heteroatoms. The predicted molar refractivity (Wildman–Crippen MR) is 108 cm³/mol.